The standard InChI is InChI=1S/C20H13ClF3NO2/c1-27-19(26)18-15(12-5-3-2-4-6-12)11-16(20(22,23)24)17(25-18)13-7-9-14(21)10-8-13/h2-11H,1H3. The second-order valence-corrected chi connectivity index (χ2v) is 6.08. The van der Waals surface area contributed by atoms with Gasteiger partial charge in [0, 0.05) is 16.1 Å². The van der Waals surface area contributed by atoms with Crippen LogP contribution < -0.4 is 0 Å². The number of alkyl halides is 3. The molecule has 1 heterocycles. The van der Waals surface area contributed by atoms with Crippen LogP contribution in [-0.2, 0) is 10.9 Å². The van der Waals surface area contributed by atoms with E-state index in [0.29, 0.717) is 10.6 Å². The smallest absolute Gasteiger partial charge is 0.418 e. The second-order valence-electron chi connectivity index (χ2n) is 5.64. The number of benzene rings is 2. The first-order valence-electron chi connectivity index (χ1n) is 7.83. The number of nitrogens with zero attached hydrogens (tertiary/aromatic N) is 1. The molecule has 0 saturated carbocycles. The average molecular weight is 392 g/mol. The maximum atomic E-state index is 13.7. The van der Waals surface area contributed by atoms with Crippen molar-refractivity contribution in [1.82, 2.24) is 4.98 Å². The summed E-state index contributed by atoms with van der Waals surface area (Å²) < 4.78 is 46.0. The van der Waals surface area contributed by atoms with Crippen molar-refractivity contribution >= 4 is 17.6 Å². The summed E-state index contributed by atoms with van der Waals surface area (Å²) in [5, 5.41) is 0.376. The fourth-order valence-electron chi connectivity index (χ4n) is 2.65. The first-order valence-corrected chi connectivity index (χ1v) is 8.21. The number of aromatic nitrogens is 1. The van der Waals surface area contributed by atoms with Crippen molar-refractivity contribution in [3.05, 3.63) is 76.9 Å². The Hall–Kier alpha value is -2.86. The van der Waals surface area contributed by atoms with E-state index in [0.717, 1.165) is 13.2 Å². The van der Waals surface area contributed by atoms with Gasteiger partial charge in [0.15, 0.2) is 5.69 Å². The Bertz CT molecular complexity index is 971. The lowest BCUT2D eigenvalue weighted by atomic mass is 9.97. The summed E-state index contributed by atoms with van der Waals surface area (Å²) in [7, 11) is 1.15. The van der Waals surface area contributed by atoms with Gasteiger partial charge in [-0.3, -0.25) is 0 Å². The first-order chi connectivity index (χ1) is 12.8. The topological polar surface area (TPSA) is 39.2 Å². The van der Waals surface area contributed by atoms with Crippen LogP contribution in [0.1, 0.15) is 16.1 Å². The van der Waals surface area contributed by atoms with Crippen molar-refractivity contribution in [3.63, 3.8) is 0 Å². The van der Waals surface area contributed by atoms with Crippen LogP contribution in [0.4, 0.5) is 13.2 Å². The predicted molar refractivity (Wildman–Crippen MR) is 96.5 cm³/mol. The molecular weight excluding hydrogens is 379 g/mol. The zero-order chi connectivity index (χ0) is 19.6. The molecule has 0 radical (unpaired) electrons. The van der Waals surface area contributed by atoms with E-state index in [1.54, 1.807) is 30.3 Å². The summed E-state index contributed by atoms with van der Waals surface area (Å²) in [6, 6.07) is 14.9. The van der Waals surface area contributed by atoms with Crippen LogP contribution >= 0.6 is 11.6 Å². The zero-order valence-corrected chi connectivity index (χ0v) is 14.8. The van der Waals surface area contributed by atoms with Gasteiger partial charge >= 0.3 is 12.1 Å². The molecule has 0 atom stereocenters. The molecule has 0 unspecified atom stereocenters. The Morgan fingerprint density at radius 1 is 1.00 bits per heavy atom. The van der Waals surface area contributed by atoms with Gasteiger partial charge in [-0.05, 0) is 23.8 Å². The molecule has 0 fully saturated rings. The molecule has 0 aliphatic carbocycles. The van der Waals surface area contributed by atoms with Crippen LogP contribution in [0.25, 0.3) is 22.4 Å². The SMILES string of the molecule is COC(=O)c1nc(-c2ccc(Cl)cc2)c(C(F)(F)F)cc1-c1ccccc1. The lowest BCUT2D eigenvalue weighted by Gasteiger charge is -2.17. The van der Waals surface area contributed by atoms with Gasteiger partial charge in [0.25, 0.3) is 0 Å². The van der Waals surface area contributed by atoms with Crippen molar-refractivity contribution in [2.75, 3.05) is 7.11 Å². The molecule has 7 heteroatoms. The maximum Gasteiger partial charge on any atom is 0.418 e. The average Bonchev–Trinajstić information content (AvgIpc) is 2.67. The highest BCUT2D eigenvalue weighted by atomic mass is 35.5. The number of esters is 1. The van der Waals surface area contributed by atoms with Crippen LogP contribution in [0, 0.1) is 0 Å². The van der Waals surface area contributed by atoms with Gasteiger partial charge < -0.3 is 4.74 Å². The quantitative estimate of drug-likeness (QED) is 0.524. The molecule has 1 aromatic heterocycles. The largest absolute Gasteiger partial charge is 0.464 e. The normalized spacial score (nSPS) is 11.3. The van der Waals surface area contributed by atoms with Gasteiger partial charge in [-0.15, -0.1) is 0 Å². The van der Waals surface area contributed by atoms with E-state index in [9.17, 15) is 18.0 Å². The van der Waals surface area contributed by atoms with E-state index < -0.39 is 17.7 Å². The monoisotopic (exact) mass is 391 g/mol. The number of carbonyl (C=O) groups is 1. The molecule has 0 N–H and O–H groups in total. The zero-order valence-electron chi connectivity index (χ0n) is 14.0. The fourth-order valence-corrected chi connectivity index (χ4v) is 2.77. The molecule has 27 heavy (non-hydrogen) atoms. The summed E-state index contributed by atoms with van der Waals surface area (Å²) in [5.74, 6) is -0.821. The molecule has 0 amide bonds. The molecule has 0 aliphatic heterocycles. The van der Waals surface area contributed by atoms with Gasteiger partial charge in [-0.25, -0.2) is 9.78 Å². The predicted octanol–water partition coefficient (Wildman–Crippen LogP) is 5.87. The summed E-state index contributed by atoms with van der Waals surface area (Å²) in [6.45, 7) is 0. The number of ether oxygens (including phenoxy) is 1. The summed E-state index contributed by atoms with van der Waals surface area (Å²) in [4.78, 5) is 16.3. The molecule has 0 aliphatic rings. The molecule has 3 nitrogen and oxygen atoms in total. The lowest BCUT2D eigenvalue weighted by molar-refractivity contribution is -0.137. The number of halogens is 4. The maximum absolute atomic E-state index is 13.7. The van der Waals surface area contributed by atoms with Crippen LogP contribution in [-0.4, -0.2) is 18.1 Å². The van der Waals surface area contributed by atoms with Crippen LogP contribution in [0.2, 0.25) is 5.02 Å². The highest BCUT2D eigenvalue weighted by Gasteiger charge is 2.36. The van der Waals surface area contributed by atoms with E-state index in [1.807, 2.05) is 0 Å². The molecule has 0 bridgehead atoms. The van der Waals surface area contributed by atoms with Gasteiger partial charge in [0.2, 0.25) is 0 Å². The fraction of sp³-hybridized carbons (Fsp3) is 0.100. The van der Waals surface area contributed by atoms with Gasteiger partial charge in [0.05, 0.1) is 18.4 Å². The van der Waals surface area contributed by atoms with Gasteiger partial charge in [-0.1, -0.05) is 54.1 Å². The third-order valence-electron chi connectivity index (χ3n) is 3.91. The van der Waals surface area contributed by atoms with E-state index >= 15 is 0 Å². The number of carbonyl (C=O) groups excluding carboxylic acids is 1. The highest BCUT2D eigenvalue weighted by Crippen LogP contribution is 2.39. The van der Waals surface area contributed by atoms with Crippen LogP contribution in [0.5, 0.6) is 0 Å². The summed E-state index contributed by atoms with van der Waals surface area (Å²) in [6.07, 6.45) is -4.67. The third-order valence-corrected chi connectivity index (χ3v) is 4.16. The van der Waals surface area contributed by atoms with Crippen LogP contribution in [0.3, 0.4) is 0 Å². The van der Waals surface area contributed by atoms with E-state index in [2.05, 4.69) is 4.98 Å². The second kappa shape index (κ2) is 7.40. The highest BCUT2D eigenvalue weighted by molar-refractivity contribution is 6.30. The minimum absolute atomic E-state index is 0.0486. The summed E-state index contributed by atoms with van der Waals surface area (Å²) in [5.41, 5.74) is -0.834. The molecule has 3 aromatic rings. The molecule has 3 rings (SSSR count). The van der Waals surface area contributed by atoms with Crippen LogP contribution in [0.15, 0.2) is 60.7 Å². The Morgan fingerprint density at radius 3 is 2.19 bits per heavy atom. The Balaban J connectivity index is 2.33. The minimum Gasteiger partial charge on any atom is -0.464 e. The summed E-state index contributed by atoms with van der Waals surface area (Å²) >= 11 is 5.82. The van der Waals surface area contributed by atoms with E-state index in [-0.39, 0.29) is 22.5 Å². The molecule has 2 aromatic carbocycles. The number of pyridine rings is 1. The van der Waals surface area contributed by atoms with Crippen molar-refractivity contribution in [3.8, 4) is 22.4 Å². The first kappa shape index (κ1) is 18.9. The van der Waals surface area contributed by atoms with Crippen molar-refractivity contribution in [1.29, 1.82) is 0 Å². The van der Waals surface area contributed by atoms with Crippen molar-refractivity contribution < 1.29 is 22.7 Å². The Kier molecular flexibility index (Phi) is 5.19. The Labute approximate surface area is 158 Å². The molecular formula is C20H13ClF3NO2. The number of rotatable bonds is 3. The van der Waals surface area contributed by atoms with Crippen molar-refractivity contribution in [2.24, 2.45) is 0 Å². The third kappa shape index (κ3) is 3.95. The Morgan fingerprint density at radius 2 is 1.63 bits per heavy atom. The van der Waals surface area contributed by atoms with Crippen molar-refractivity contribution in [2.45, 2.75) is 6.18 Å². The van der Waals surface area contributed by atoms with E-state index in [1.165, 1.54) is 24.3 Å². The lowest BCUT2D eigenvalue weighted by Crippen LogP contribution is -2.14. The molecule has 0 saturated heterocycles. The number of hydrogen-bond acceptors (Lipinski definition) is 3. The molecule has 0 spiro atoms. The van der Waals surface area contributed by atoms with Gasteiger partial charge in [-0.2, -0.15) is 13.2 Å². The molecule has 138 valence electrons. The van der Waals surface area contributed by atoms with E-state index in [4.69, 9.17) is 16.3 Å². The minimum atomic E-state index is -4.67. The number of hydrogen-bond donors (Lipinski definition) is 0. The van der Waals surface area contributed by atoms with Gasteiger partial charge in [0.1, 0.15) is 0 Å². The number of methoxy groups -OCH3 is 1.